The molecule has 210 valence electrons. The van der Waals surface area contributed by atoms with Crippen LogP contribution in [0.5, 0.6) is 0 Å². The van der Waals surface area contributed by atoms with Gasteiger partial charge in [-0.15, -0.1) is 5.10 Å². The lowest BCUT2D eigenvalue weighted by molar-refractivity contribution is 0.207. The number of nitrogens with one attached hydrogen (secondary N) is 2. The van der Waals surface area contributed by atoms with Crippen LogP contribution >= 0.6 is 0 Å². The number of fused-ring (bicyclic) bond motifs is 3. The number of allylic oxidation sites excluding steroid dienone is 4. The molecule has 0 unspecified atom stereocenters. The zero-order chi connectivity index (χ0) is 27.9. The van der Waals surface area contributed by atoms with E-state index in [-0.39, 0.29) is 23.5 Å². The molecule has 7 rings (SSSR count). The molecule has 4 heterocycles. The molecule has 0 atom stereocenters. The first-order valence-corrected chi connectivity index (χ1v) is 14.0. The summed E-state index contributed by atoms with van der Waals surface area (Å²) in [6.07, 6.45) is 12.2. The summed E-state index contributed by atoms with van der Waals surface area (Å²) in [5.41, 5.74) is 13.2. The number of halogens is 2. The Morgan fingerprint density at radius 3 is 2.63 bits per heavy atom. The van der Waals surface area contributed by atoms with E-state index in [1.165, 1.54) is 48.8 Å². The maximum Gasteiger partial charge on any atom is 0.248 e. The number of nitrogens with two attached hydrogens (primary N) is 1. The molecule has 0 spiro atoms. The first kappa shape index (κ1) is 25.5. The molecule has 3 aliphatic heterocycles. The number of benzene rings is 2. The zero-order valence-electron chi connectivity index (χ0n) is 22.5. The second-order valence-electron chi connectivity index (χ2n) is 10.8. The molecule has 0 saturated carbocycles. The summed E-state index contributed by atoms with van der Waals surface area (Å²) < 4.78 is 30.6. The number of aromatic nitrogens is 3. The van der Waals surface area contributed by atoms with Gasteiger partial charge in [-0.3, -0.25) is 5.43 Å². The SMILES string of the molecule is Nc1nc(Nc2ccc(N3CCC(N4CCCC4)CC3)c(F)c2)nn1C1=CC2=CC=Cc3ccc(F)cc3C2=NN1. The van der Waals surface area contributed by atoms with Crippen molar-refractivity contribution in [3.63, 3.8) is 0 Å². The minimum absolute atomic E-state index is 0.124. The van der Waals surface area contributed by atoms with Gasteiger partial charge in [-0.1, -0.05) is 24.3 Å². The molecule has 2 aromatic carbocycles. The molecular weight excluding hydrogens is 524 g/mol. The normalized spacial score (nSPS) is 19.1. The third-order valence-corrected chi connectivity index (χ3v) is 8.20. The van der Waals surface area contributed by atoms with Gasteiger partial charge in [-0.25, -0.2) is 8.78 Å². The Morgan fingerprint density at radius 1 is 1.00 bits per heavy atom. The van der Waals surface area contributed by atoms with Crippen LogP contribution in [-0.2, 0) is 0 Å². The van der Waals surface area contributed by atoms with E-state index in [4.69, 9.17) is 5.73 Å². The summed E-state index contributed by atoms with van der Waals surface area (Å²) in [7, 11) is 0. The van der Waals surface area contributed by atoms with Gasteiger partial charge in [0.1, 0.15) is 11.6 Å². The van der Waals surface area contributed by atoms with E-state index in [0.29, 0.717) is 34.5 Å². The molecule has 41 heavy (non-hydrogen) atoms. The van der Waals surface area contributed by atoms with Gasteiger partial charge >= 0.3 is 0 Å². The number of piperidine rings is 1. The van der Waals surface area contributed by atoms with Crippen LogP contribution in [0.25, 0.3) is 11.9 Å². The number of hydrogen-bond donors (Lipinski definition) is 3. The highest BCUT2D eigenvalue weighted by atomic mass is 19.1. The first-order chi connectivity index (χ1) is 20.0. The van der Waals surface area contributed by atoms with Crippen molar-refractivity contribution in [1.29, 1.82) is 0 Å². The molecule has 4 aliphatic rings. The number of likely N-dealkylation sites (tertiary alicyclic amines) is 1. The largest absolute Gasteiger partial charge is 0.369 e. The van der Waals surface area contributed by atoms with Gasteiger partial charge in [0.15, 0.2) is 5.82 Å². The third kappa shape index (κ3) is 4.97. The van der Waals surface area contributed by atoms with E-state index in [1.54, 1.807) is 6.07 Å². The highest BCUT2D eigenvalue weighted by Gasteiger charge is 2.27. The summed E-state index contributed by atoms with van der Waals surface area (Å²) >= 11 is 0. The van der Waals surface area contributed by atoms with Crippen molar-refractivity contribution in [3.05, 3.63) is 83.0 Å². The summed E-state index contributed by atoms with van der Waals surface area (Å²) in [5.74, 6) is 0.203. The van der Waals surface area contributed by atoms with E-state index in [0.717, 1.165) is 37.1 Å². The maximum atomic E-state index is 15.2. The Hall–Kier alpha value is -4.51. The number of hydrogen-bond acceptors (Lipinski definition) is 8. The zero-order valence-corrected chi connectivity index (χ0v) is 22.5. The number of anilines is 4. The molecular formula is C30H31F2N9. The maximum absolute atomic E-state index is 15.2. The molecule has 1 aliphatic carbocycles. The quantitative estimate of drug-likeness (QED) is 0.420. The molecule has 9 nitrogen and oxygen atoms in total. The molecule has 2 fully saturated rings. The van der Waals surface area contributed by atoms with Crippen molar-refractivity contribution in [2.45, 2.75) is 31.7 Å². The second kappa shape index (κ2) is 10.5. The Labute approximate surface area is 236 Å². The van der Waals surface area contributed by atoms with E-state index < -0.39 is 0 Å². The smallest absolute Gasteiger partial charge is 0.248 e. The summed E-state index contributed by atoms with van der Waals surface area (Å²) in [5, 5.41) is 12.0. The van der Waals surface area contributed by atoms with Gasteiger partial charge in [-0.05, 0) is 80.7 Å². The Bertz CT molecular complexity index is 1610. The Balaban J connectivity index is 1.04. The van der Waals surface area contributed by atoms with E-state index in [1.807, 2.05) is 36.4 Å². The minimum Gasteiger partial charge on any atom is -0.369 e. The number of nitrogen functional groups attached to an aromatic ring is 1. The highest BCUT2D eigenvalue weighted by Crippen LogP contribution is 2.30. The highest BCUT2D eigenvalue weighted by molar-refractivity contribution is 6.18. The number of hydrazone groups is 1. The number of nitrogens with zero attached hydrogens (tertiary/aromatic N) is 6. The summed E-state index contributed by atoms with van der Waals surface area (Å²) in [4.78, 5) is 9.03. The van der Waals surface area contributed by atoms with Crippen molar-refractivity contribution in [1.82, 2.24) is 25.1 Å². The van der Waals surface area contributed by atoms with Crippen molar-refractivity contribution < 1.29 is 8.78 Å². The average Bonchev–Trinajstić information content (AvgIpc) is 3.60. The first-order valence-electron chi connectivity index (χ1n) is 14.0. The molecule has 3 aromatic rings. The topological polar surface area (TPSA) is 99.6 Å². The molecule has 1 aromatic heterocycles. The average molecular weight is 556 g/mol. The Morgan fingerprint density at radius 2 is 1.83 bits per heavy atom. The van der Waals surface area contributed by atoms with Gasteiger partial charge in [0.2, 0.25) is 11.9 Å². The fourth-order valence-electron chi connectivity index (χ4n) is 6.11. The van der Waals surface area contributed by atoms with Crippen molar-refractivity contribution in [3.8, 4) is 0 Å². The molecule has 11 heteroatoms. The van der Waals surface area contributed by atoms with Crippen LogP contribution in [0.2, 0.25) is 0 Å². The van der Waals surface area contributed by atoms with Crippen LogP contribution in [0.3, 0.4) is 0 Å². The summed E-state index contributed by atoms with van der Waals surface area (Å²) in [6, 6.07) is 10.3. The standard InChI is InChI=1S/C30H31F2N9/c31-21-7-6-19-4-3-5-20-16-27(36-37-28(20)24(19)17-21)41-29(33)35-30(38-41)34-22-8-9-26(25(32)18-22)40-14-10-23(11-15-40)39-12-1-2-13-39/h3-9,16-18,23,36H,1-2,10-15H2,(H3,33,34,35,38). The number of rotatable bonds is 5. The predicted octanol–water partition coefficient (Wildman–Crippen LogP) is 4.71. The third-order valence-electron chi connectivity index (χ3n) is 8.20. The van der Waals surface area contributed by atoms with Crippen LogP contribution in [-0.4, -0.2) is 57.6 Å². The minimum atomic E-state index is -0.335. The molecule has 0 bridgehead atoms. The van der Waals surface area contributed by atoms with Gasteiger partial charge in [0.05, 0.1) is 11.4 Å². The second-order valence-corrected chi connectivity index (χ2v) is 10.8. The van der Waals surface area contributed by atoms with Crippen molar-refractivity contribution >= 4 is 40.9 Å². The molecule has 2 saturated heterocycles. The lowest BCUT2D eigenvalue weighted by atomic mass is 9.98. The predicted molar refractivity (Wildman–Crippen MR) is 158 cm³/mol. The van der Waals surface area contributed by atoms with Crippen LogP contribution in [0.1, 0.15) is 36.8 Å². The van der Waals surface area contributed by atoms with Crippen LogP contribution < -0.4 is 21.4 Å². The lowest BCUT2D eigenvalue weighted by Crippen LogP contribution is -2.44. The van der Waals surface area contributed by atoms with E-state index in [9.17, 15) is 4.39 Å². The van der Waals surface area contributed by atoms with Gasteiger partial charge < -0.3 is 20.9 Å². The van der Waals surface area contributed by atoms with Crippen LogP contribution in [0.4, 0.5) is 32.1 Å². The van der Waals surface area contributed by atoms with Gasteiger partial charge in [0.25, 0.3) is 0 Å². The van der Waals surface area contributed by atoms with Gasteiger partial charge in [-0.2, -0.15) is 14.8 Å². The molecule has 0 radical (unpaired) electrons. The van der Waals surface area contributed by atoms with Gasteiger partial charge in [0, 0.05) is 36.0 Å². The molecule has 4 N–H and O–H groups in total. The van der Waals surface area contributed by atoms with Crippen molar-refractivity contribution in [2.24, 2.45) is 5.10 Å². The lowest BCUT2D eigenvalue weighted by Gasteiger charge is -2.37. The van der Waals surface area contributed by atoms with Crippen LogP contribution in [0.15, 0.2) is 65.3 Å². The summed E-state index contributed by atoms with van der Waals surface area (Å²) in [6.45, 7) is 4.10. The molecule has 0 amide bonds. The fourth-order valence-corrected chi connectivity index (χ4v) is 6.11. The van der Waals surface area contributed by atoms with Crippen molar-refractivity contribution in [2.75, 3.05) is 42.1 Å². The van der Waals surface area contributed by atoms with E-state index in [2.05, 4.69) is 35.7 Å². The van der Waals surface area contributed by atoms with E-state index >= 15 is 4.39 Å². The van der Waals surface area contributed by atoms with Crippen LogP contribution in [0, 0.1) is 11.6 Å². The monoisotopic (exact) mass is 555 g/mol. The fraction of sp³-hybridized carbons (Fsp3) is 0.300. The Kier molecular flexibility index (Phi) is 6.50.